The normalized spacial score (nSPS) is 20.2. The minimum Gasteiger partial charge on any atom is -0.465 e. The maximum absolute atomic E-state index is 10.9. The lowest BCUT2D eigenvalue weighted by molar-refractivity contribution is 0.0200. The zero-order valence-corrected chi connectivity index (χ0v) is 11.0. The molecule has 1 fully saturated rings. The number of amides is 1. The monoisotopic (exact) mass is 269 g/mol. The second-order valence-electron chi connectivity index (χ2n) is 5.86. The molecule has 0 atom stereocenters. The summed E-state index contributed by atoms with van der Waals surface area (Å²) in [4.78, 5) is 12.4. The van der Waals surface area contributed by atoms with E-state index in [1.165, 1.54) is 16.0 Å². The van der Waals surface area contributed by atoms with Gasteiger partial charge in [0, 0.05) is 30.9 Å². The average molecular weight is 269 g/mol. The first kappa shape index (κ1) is 11.5. The topological polar surface area (TPSA) is 57.8 Å². The van der Waals surface area contributed by atoms with Crippen molar-refractivity contribution in [1.82, 2.24) is 14.5 Å². The van der Waals surface area contributed by atoms with Crippen LogP contribution in [0.3, 0.4) is 0 Å². The molecule has 1 saturated heterocycles. The van der Waals surface area contributed by atoms with Gasteiger partial charge in [-0.15, -0.1) is 0 Å². The molecule has 1 N–H and O–H groups in total. The Labute approximate surface area is 116 Å². The highest BCUT2D eigenvalue weighted by Crippen LogP contribution is 2.47. The summed E-state index contributed by atoms with van der Waals surface area (Å²) in [7, 11) is 0. The highest BCUT2D eigenvalue weighted by molar-refractivity contribution is 5.73. The van der Waals surface area contributed by atoms with Crippen molar-refractivity contribution < 1.29 is 9.90 Å². The van der Waals surface area contributed by atoms with Gasteiger partial charge in [-0.05, 0) is 42.2 Å². The van der Waals surface area contributed by atoms with E-state index in [1.807, 2.05) is 16.8 Å². The second-order valence-corrected chi connectivity index (χ2v) is 5.86. The van der Waals surface area contributed by atoms with Crippen molar-refractivity contribution in [2.45, 2.75) is 12.8 Å². The standard InChI is InChI=1S/C15H15N3O2/c19-14(20)17-9-15(10-17)4-1-12(8-15)11-3-6-18-13(7-11)2-5-16-18/h1-3,5-7H,4,8-10H2,(H,19,20). The predicted octanol–water partition coefficient (Wildman–Crippen LogP) is 2.49. The number of allylic oxidation sites excluding steroid dienone is 2. The third-order valence-corrected chi connectivity index (χ3v) is 4.44. The lowest BCUT2D eigenvalue weighted by Crippen LogP contribution is -2.56. The first-order chi connectivity index (χ1) is 9.65. The summed E-state index contributed by atoms with van der Waals surface area (Å²) >= 11 is 0. The van der Waals surface area contributed by atoms with Crippen molar-refractivity contribution >= 4 is 17.2 Å². The van der Waals surface area contributed by atoms with Crippen LogP contribution in [0.15, 0.2) is 36.7 Å². The van der Waals surface area contributed by atoms with Crippen molar-refractivity contribution in [3.05, 3.63) is 42.2 Å². The third-order valence-electron chi connectivity index (χ3n) is 4.44. The van der Waals surface area contributed by atoms with E-state index in [2.05, 4.69) is 23.3 Å². The molecule has 20 heavy (non-hydrogen) atoms. The fourth-order valence-electron chi connectivity index (χ4n) is 3.37. The van der Waals surface area contributed by atoms with E-state index in [0.717, 1.165) is 18.4 Å². The Balaban J connectivity index is 1.55. The van der Waals surface area contributed by atoms with Crippen LogP contribution in [-0.4, -0.2) is 38.8 Å². The maximum Gasteiger partial charge on any atom is 0.407 e. The fraction of sp³-hybridized carbons (Fsp3) is 0.333. The molecule has 0 aromatic carbocycles. The van der Waals surface area contributed by atoms with E-state index in [0.29, 0.717) is 13.1 Å². The van der Waals surface area contributed by atoms with Gasteiger partial charge in [0.25, 0.3) is 0 Å². The van der Waals surface area contributed by atoms with Gasteiger partial charge < -0.3 is 10.0 Å². The van der Waals surface area contributed by atoms with Gasteiger partial charge in [-0.25, -0.2) is 9.31 Å². The first-order valence-corrected chi connectivity index (χ1v) is 6.76. The Morgan fingerprint density at radius 2 is 2.20 bits per heavy atom. The molecule has 5 nitrogen and oxygen atoms in total. The van der Waals surface area contributed by atoms with Crippen LogP contribution in [0.25, 0.3) is 11.1 Å². The molecular weight excluding hydrogens is 254 g/mol. The fourth-order valence-corrected chi connectivity index (χ4v) is 3.37. The van der Waals surface area contributed by atoms with Crippen molar-refractivity contribution in [2.75, 3.05) is 13.1 Å². The number of carboxylic acid groups (broad SMARTS) is 1. The molecule has 2 aromatic heterocycles. The molecule has 2 aromatic rings. The number of hydrogen-bond acceptors (Lipinski definition) is 2. The van der Waals surface area contributed by atoms with Crippen LogP contribution in [0.5, 0.6) is 0 Å². The van der Waals surface area contributed by atoms with Crippen molar-refractivity contribution in [1.29, 1.82) is 0 Å². The molecule has 1 aliphatic heterocycles. The quantitative estimate of drug-likeness (QED) is 0.865. The summed E-state index contributed by atoms with van der Waals surface area (Å²) in [6.45, 7) is 1.33. The van der Waals surface area contributed by atoms with Gasteiger partial charge >= 0.3 is 6.09 Å². The highest BCUT2D eigenvalue weighted by atomic mass is 16.4. The molecule has 0 radical (unpaired) electrons. The Morgan fingerprint density at radius 1 is 1.35 bits per heavy atom. The van der Waals surface area contributed by atoms with E-state index < -0.39 is 6.09 Å². The van der Waals surface area contributed by atoms with E-state index in [9.17, 15) is 4.79 Å². The number of pyridine rings is 1. The maximum atomic E-state index is 10.9. The van der Waals surface area contributed by atoms with Gasteiger partial charge in [-0.1, -0.05) is 6.08 Å². The number of rotatable bonds is 1. The average Bonchev–Trinajstić information content (AvgIpc) is 3.02. The van der Waals surface area contributed by atoms with Gasteiger partial charge in [0.05, 0.1) is 5.52 Å². The molecule has 4 rings (SSSR count). The summed E-state index contributed by atoms with van der Waals surface area (Å²) in [5.74, 6) is 0. The molecule has 1 amide bonds. The third kappa shape index (κ3) is 1.62. The molecule has 1 spiro atoms. The van der Waals surface area contributed by atoms with E-state index in [1.54, 1.807) is 6.20 Å². The van der Waals surface area contributed by atoms with Crippen LogP contribution < -0.4 is 0 Å². The Bertz CT molecular complexity index is 726. The van der Waals surface area contributed by atoms with Gasteiger partial charge in [-0.3, -0.25) is 0 Å². The van der Waals surface area contributed by atoms with Crippen molar-refractivity contribution in [3.63, 3.8) is 0 Å². The molecule has 5 heteroatoms. The zero-order chi connectivity index (χ0) is 13.7. The predicted molar refractivity (Wildman–Crippen MR) is 74.4 cm³/mol. The molecule has 0 bridgehead atoms. The minimum atomic E-state index is -0.801. The molecule has 1 aliphatic carbocycles. The van der Waals surface area contributed by atoms with Crippen LogP contribution in [0.1, 0.15) is 18.4 Å². The largest absolute Gasteiger partial charge is 0.465 e. The van der Waals surface area contributed by atoms with Crippen molar-refractivity contribution in [3.8, 4) is 0 Å². The Kier molecular flexibility index (Phi) is 2.22. The molecule has 2 aliphatic rings. The molecule has 3 heterocycles. The first-order valence-electron chi connectivity index (χ1n) is 6.76. The molecule has 0 unspecified atom stereocenters. The lowest BCUT2D eigenvalue weighted by Gasteiger charge is -2.46. The van der Waals surface area contributed by atoms with Gasteiger partial charge in [-0.2, -0.15) is 5.10 Å². The number of carbonyl (C=O) groups is 1. The summed E-state index contributed by atoms with van der Waals surface area (Å²) in [5.41, 5.74) is 3.80. The zero-order valence-electron chi connectivity index (χ0n) is 11.0. The van der Waals surface area contributed by atoms with Crippen LogP contribution in [0.4, 0.5) is 4.79 Å². The van der Waals surface area contributed by atoms with Gasteiger partial charge in [0.1, 0.15) is 0 Å². The molecule has 102 valence electrons. The number of fused-ring (bicyclic) bond motifs is 1. The van der Waals surface area contributed by atoms with Crippen molar-refractivity contribution in [2.24, 2.45) is 5.41 Å². The number of likely N-dealkylation sites (tertiary alicyclic amines) is 1. The van der Waals surface area contributed by atoms with Crippen LogP contribution in [0, 0.1) is 5.41 Å². The van der Waals surface area contributed by atoms with Gasteiger partial charge in [0.15, 0.2) is 0 Å². The summed E-state index contributed by atoms with van der Waals surface area (Å²) in [5, 5.41) is 13.2. The Morgan fingerprint density at radius 3 is 3.00 bits per heavy atom. The lowest BCUT2D eigenvalue weighted by atomic mass is 9.76. The van der Waals surface area contributed by atoms with Crippen LogP contribution in [0.2, 0.25) is 0 Å². The Hall–Kier alpha value is -2.30. The van der Waals surface area contributed by atoms with Crippen LogP contribution in [-0.2, 0) is 0 Å². The SMILES string of the molecule is O=C(O)N1CC2(CC=C(c3ccn4nccc4c3)C2)C1. The van der Waals surface area contributed by atoms with Gasteiger partial charge in [0.2, 0.25) is 0 Å². The smallest absolute Gasteiger partial charge is 0.407 e. The number of hydrogen-bond donors (Lipinski definition) is 1. The number of aromatic nitrogens is 2. The molecule has 0 saturated carbocycles. The summed E-state index contributed by atoms with van der Waals surface area (Å²) in [6, 6.07) is 6.22. The summed E-state index contributed by atoms with van der Waals surface area (Å²) in [6.07, 6.45) is 7.19. The minimum absolute atomic E-state index is 0.153. The second kappa shape index (κ2) is 3.85. The van der Waals surface area contributed by atoms with E-state index in [-0.39, 0.29) is 5.41 Å². The van der Waals surface area contributed by atoms with E-state index >= 15 is 0 Å². The van der Waals surface area contributed by atoms with Crippen LogP contribution >= 0.6 is 0 Å². The summed E-state index contributed by atoms with van der Waals surface area (Å²) < 4.78 is 1.85. The highest BCUT2D eigenvalue weighted by Gasteiger charge is 2.47. The number of nitrogens with zero attached hydrogens (tertiary/aromatic N) is 3. The van der Waals surface area contributed by atoms with E-state index in [4.69, 9.17) is 5.11 Å². The molecular formula is C15H15N3O2.